The van der Waals surface area contributed by atoms with Gasteiger partial charge in [0, 0.05) is 17.8 Å². The Kier molecular flexibility index (Phi) is 5.44. The maximum absolute atomic E-state index is 4.15. The Morgan fingerprint density at radius 3 is 2.83 bits per heavy atom. The fourth-order valence-corrected chi connectivity index (χ4v) is 3.41. The summed E-state index contributed by atoms with van der Waals surface area (Å²) in [6, 6.07) is 0.510. The van der Waals surface area contributed by atoms with Gasteiger partial charge in [-0.3, -0.25) is 0 Å². The zero-order chi connectivity index (χ0) is 12.8. The molecule has 1 fully saturated rings. The normalized spacial score (nSPS) is 17.5. The molecule has 0 saturated heterocycles. The molecule has 18 heavy (non-hydrogen) atoms. The Balaban J connectivity index is 1.82. The van der Waals surface area contributed by atoms with Gasteiger partial charge in [0.05, 0.1) is 6.54 Å². The number of aromatic nitrogens is 4. The lowest BCUT2D eigenvalue weighted by molar-refractivity contribution is 0.481. The van der Waals surface area contributed by atoms with Crippen LogP contribution in [0.3, 0.4) is 0 Å². The van der Waals surface area contributed by atoms with Gasteiger partial charge < -0.3 is 5.32 Å². The summed E-state index contributed by atoms with van der Waals surface area (Å²) in [7, 11) is 0. The van der Waals surface area contributed by atoms with E-state index in [1.807, 2.05) is 16.4 Å². The minimum Gasteiger partial charge on any atom is -0.313 e. The molecule has 0 unspecified atom stereocenters. The molecule has 0 bridgehead atoms. The summed E-state index contributed by atoms with van der Waals surface area (Å²) in [5.74, 6) is 0. The van der Waals surface area contributed by atoms with Gasteiger partial charge in [-0.15, -0.1) is 5.10 Å². The number of nitrogens with one attached hydrogen (secondary N) is 1. The molecule has 0 spiro atoms. The number of hydrogen-bond acceptors (Lipinski definition) is 5. The van der Waals surface area contributed by atoms with Crippen LogP contribution in [0.15, 0.2) is 5.16 Å². The van der Waals surface area contributed by atoms with E-state index in [0.717, 1.165) is 18.2 Å². The molecule has 1 aliphatic carbocycles. The summed E-state index contributed by atoms with van der Waals surface area (Å²) in [5, 5.41) is 17.1. The summed E-state index contributed by atoms with van der Waals surface area (Å²) >= 11 is 1.86. The van der Waals surface area contributed by atoms with Crippen molar-refractivity contribution in [2.75, 3.05) is 6.54 Å². The molecule has 102 valence electrons. The number of tetrazole rings is 1. The van der Waals surface area contributed by atoms with E-state index in [1.54, 1.807) is 0 Å². The van der Waals surface area contributed by atoms with E-state index in [9.17, 15) is 0 Å². The van der Waals surface area contributed by atoms with Crippen molar-refractivity contribution < 1.29 is 0 Å². The van der Waals surface area contributed by atoms with E-state index < -0.39 is 0 Å². The smallest absolute Gasteiger partial charge is 0.209 e. The molecule has 0 radical (unpaired) electrons. The van der Waals surface area contributed by atoms with Crippen LogP contribution in [0.5, 0.6) is 0 Å². The van der Waals surface area contributed by atoms with Crippen LogP contribution < -0.4 is 5.32 Å². The van der Waals surface area contributed by atoms with Crippen molar-refractivity contribution in [3.8, 4) is 0 Å². The molecule has 1 N–H and O–H groups in total. The zero-order valence-corrected chi connectivity index (χ0v) is 12.1. The van der Waals surface area contributed by atoms with Crippen LogP contribution in [0.2, 0.25) is 0 Å². The van der Waals surface area contributed by atoms with E-state index >= 15 is 0 Å². The predicted molar refractivity (Wildman–Crippen MR) is 73.7 cm³/mol. The van der Waals surface area contributed by atoms with E-state index in [-0.39, 0.29) is 0 Å². The van der Waals surface area contributed by atoms with Crippen LogP contribution in [0, 0.1) is 0 Å². The second kappa shape index (κ2) is 7.09. The highest BCUT2D eigenvalue weighted by atomic mass is 32.2. The second-order valence-electron chi connectivity index (χ2n) is 5.17. The molecular formula is C12H23N5S. The fourth-order valence-electron chi connectivity index (χ4n) is 2.21. The lowest BCUT2D eigenvalue weighted by atomic mass is 10.0. The van der Waals surface area contributed by atoms with Crippen molar-refractivity contribution in [1.29, 1.82) is 0 Å². The standard InChI is InChI=1S/C12H23N5S/c1-10(2)13-8-9-17-12(14-15-16-17)18-11-6-4-3-5-7-11/h10-11,13H,3-9H2,1-2H3. The summed E-state index contributed by atoms with van der Waals surface area (Å²) in [5.41, 5.74) is 0. The molecule has 5 nitrogen and oxygen atoms in total. The zero-order valence-electron chi connectivity index (χ0n) is 11.3. The molecule has 1 aromatic heterocycles. The number of nitrogens with zero attached hydrogens (tertiary/aromatic N) is 4. The third-order valence-corrected chi connectivity index (χ3v) is 4.51. The summed E-state index contributed by atoms with van der Waals surface area (Å²) in [6.45, 7) is 6.07. The van der Waals surface area contributed by atoms with Crippen molar-refractivity contribution in [1.82, 2.24) is 25.5 Å². The van der Waals surface area contributed by atoms with Crippen LogP contribution in [-0.2, 0) is 6.54 Å². The van der Waals surface area contributed by atoms with Gasteiger partial charge in [-0.05, 0) is 23.3 Å². The molecule has 0 amide bonds. The molecule has 0 aromatic carbocycles. The van der Waals surface area contributed by atoms with Gasteiger partial charge >= 0.3 is 0 Å². The van der Waals surface area contributed by atoms with Gasteiger partial charge in [0.25, 0.3) is 0 Å². The minimum atomic E-state index is 0.510. The average molecular weight is 269 g/mol. The van der Waals surface area contributed by atoms with E-state index in [4.69, 9.17) is 0 Å². The fraction of sp³-hybridized carbons (Fsp3) is 0.917. The first kappa shape index (κ1) is 13.8. The first-order valence-electron chi connectivity index (χ1n) is 6.92. The average Bonchev–Trinajstić information content (AvgIpc) is 2.78. The Bertz CT molecular complexity index is 346. The topological polar surface area (TPSA) is 55.6 Å². The predicted octanol–water partition coefficient (Wildman–Crippen LogP) is 2.10. The van der Waals surface area contributed by atoms with Crippen molar-refractivity contribution in [3.05, 3.63) is 0 Å². The quantitative estimate of drug-likeness (QED) is 0.857. The van der Waals surface area contributed by atoms with E-state index in [0.29, 0.717) is 11.3 Å². The van der Waals surface area contributed by atoms with E-state index in [2.05, 4.69) is 34.7 Å². The molecule has 1 saturated carbocycles. The van der Waals surface area contributed by atoms with Gasteiger partial charge in [0.1, 0.15) is 0 Å². The molecule has 6 heteroatoms. The number of hydrogen-bond donors (Lipinski definition) is 1. The number of rotatable bonds is 6. The Morgan fingerprint density at radius 1 is 1.33 bits per heavy atom. The Morgan fingerprint density at radius 2 is 2.11 bits per heavy atom. The van der Waals surface area contributed by atoms with Crippen molar-refractivity contribution in [2.24, 2.45) is 0 Å². The monoisotopic (exact) mass is 269 g/mol. The molecule has 1 heterocycles. The van der Waals surface area contributed by atoms with E-state index in [1.165, 1.54) is 32.1 Å². The van der Waals surface area contributed by atoms with Crippen molar-refractivity contribution in [2.45, 2.75) is 68.9 Å². The van der Waals surface area contributed by atoms with Gasteiger partial charge in [0.2, 0.25) is 5.16 Å². The van der Waals surface area contributed by atoms with Crippen molar-refractivity contribution in [3.63, 3.8) is 0 Å². The maximum atomic E-state index is 4.15. The third-order valence-electron chi connectivity index (χ3n) is 3.20. The molecule has 2 rings (SSSR count). The molecule has 1 aromatic rings. The molecule has 1 aliphatic rings. The molecular weight excluding hydrogens is 246 g/mol. The summed E-state index contributed by atoms with van der Waals surface area (Å²) < 4.78 is 1.93. The van der Waals surface area contributed by atoms with Crippen LogP contribution in [0.4, 0.5) is 0 Å². The Labute approximate surface area is 113 Å². The lowest BCUT2D eigenvalue weighted by Gasteiger charge is -2.20. The van der Waals surface area contributed by atoms with Crippen molar-refractivity contribution >= 4 is 11.8 Å². The van der Waals surface area contributed by atoms with Crippen LogP contribution >= 0.6 is 11.8 Å². The van der Waals surface area contributed by atoms with Gasteiger partial charge in [0.15, 0.2) is 0 Å². The highest BCUT2D eigenvalue weighted by molar-refractivity contribution is 7.99. The Hall–Kier alpha value is -0.620. The first-order valence-corrected chi connectivity index (χ1v) is 7.80. The third kappa shape index (κ3) is 4.24. The second-order valence-corrected chi connectivity index (χ2v) is 6.44. The summed E-state index contributed by atoms with van der Waals surface area (Å²) in [6.07, 6.45) is 6.71. The van der Waals surface area contributed by atoms with Gasteiger partial charge in [-0.1, -0.05) is 44.9 Å². The van der Waals surface area contributed by atoms with Crippen LogP contribution in [0.1, 0.15) is 46.0 Å². The lowest BCUT2D eigenvalue weighted by Crippen LogP contribution is -2.27. The highest BCUT2D eigenvalue weighted by Crippen LogP contribution is 2.31. The van der Waals surface area contributed by atoms with Gasteiger partial charge in [-0.2, -0.15) is 0 Å². The number of thioether (sulfide) groups is 1. The summed E-state index contributed by atoms with van der Waals surface area (Å²) in [4.78, 5) is 0. The minimum absolute atomic E-state index is 0.510. The first-order chi connectivity index (χ1) is 8.75. The largest absolute Gasteiger partial charge is 0.313 e. The SMILES string of the molecule is CC(C)NCCn1nnnc1SC1CCCCC1. The highest BCUT2D eigenvalue weighted by Gasteiger charge is 2.18. The van der Waals surface area contributed by atoms with Gasteiger partial charge in [-0.25, -0.2) is 4.68 Å². The molecule has 0 atom stereocenters. The maximum Gasteiger partial charge on any atom is 0.209 e. The molecule has 0 aliphatic heterocycles. The van der Waals surface area contributed by atoms with Crippen LogP contribution in [-0.4, -0.2) is 38.0 Å². The van der Waals surface area contributed by atoms with Crippen LogP contribution in [0.25, 0.3) is 0 Å².